The predicted molar refractivity (Wildman–Crippen MR) is 174 cm³/mol. The average Bonchev–Trinajstić information content (AvgIpc) is 3.05. The van der Waals surface area contributed by atoms with Crippen LogP contribution in [0.1, 0.15) is 0 Å². The maximum Gasteiger partial charge on any atom is 0.137 e. The molecule has 0 aliphatic carbocycles. The van der Waals surface area contributed by atoms with Crippen LogP contribution >= 0.6 is 0 Å². The SMILES string of the molecule is c1ccc(N(c2ccccc2)c2ccc(-c3ccc4cc5c6ccccc6c6ccccc6c5cc4c3)cn2)cc1. The van der Waals surface area contributed by atoms with Crippen LogP contribution in [0.5, 0.6) is 0 Å². The Kier molecular flexibility index (Phi) is 5.49. The third kappa shape index (κ3) is 4.00. The van der Waals surface area contributed by atoms with Gasteiger partial charge in [-0.2, -0.15) is 0 Å². The highest BCUT2D eigenvalue weighted by atomic mass is 15.2. The number of para-hydroxylation sites is 2. The molecule has 8 aromatic rings. The average molecular weight is 523 g/mol. The van der Waals surface area contributed by atoms with Crippen molar-refractivity contribution in [2.75, 3.05) is 4.90 Å². The standard InChI is InChI=1S/C39H26N2/c1-3-11-31(12-4-1)41(32-13-5-2-6-14-32)39-22-21-29(26-40-39)27-19-20-28-24-37-35-17-9-7-15-33(35)34-16-8-10-18-36(34)38(37)25-30(28)23-27/h1-26H. The molecule has 0 saturated carbocycles. The van der Waals surface area contributed by atoms with E-state index in [0.717, 1.165) is 28.3 Å². The molecule has 7 aromatic carbocycles. The topological polar surface area (TPSA) is 16.1 Å². The molecule has 1 aromatic heterocycles. The molecule has 0 amide bonds. The zero-order valence-corrected chi connectivity index (χ0v) is 22.4. The van der Waals surface area contributed by atoms with Gasteiger partial charge < -0.3 is 0 Å². The van der Waals surface area contributed by atoms with Crippen molar-refractivity contribution < 1.29 is 0 Å². The van der Waals surface area contributed by atoms with E-state index in [1.54, 1.807) is 0 Å². The predicted octanol–water partition coefficient (Wildman–Crippen LogP) is 10.8. The smallest absolute Gasteiger partial charge is 0.137 e. The number of fused-ring (bicyclic) bond motifs is 7. The molecule has 0 aliphatic heterocycles. The summed E-state index contributed by atoms with van der Waals surface area (Å²) in [5.41, 5.74) is 4.42. The number of aromatic nitrogens is 1. The van der Waals surface area contributed by atoms with Crippen LogP contribution in [0.25, 0.3) is 54.2 Å². The zero-order valence-electron chi connectivity index (χ0n) is 22.4. The van der Waals surface area contributed by atoms with E-state index in [-0.39, 0.29) is 0 Å². The number of benzene rings is 7. The summed E-state index contributed by atoms with van der Waals surface area (Å²) in [4.78, 5) is 7.13. The lowest BCUT2D eigenvalue weighted by atomic mass is 9.91. The second kappa shape index (κ2) is 9.62. The third-order valence-corrected chi connectivity index (χ3v) is 8.04. The van der Waals surface area contributed by atoms with Gasteiger partial charge in [0, 0.05) is 23.1 Å². The summed E-state index contributed by atoms with van der Waals surface area (Å²) < 4.78 is 0. The zero-order chi connectivity index (χ0) is 27.2. The van der Waals surface area contributed by atoms with Gasteiger partial charge in [0.2, 0.25) is 0 Å². The van der Waals surface area contributed by atoms with E-state index in [0.29, 0.717) is 0 Å². The van der Waals surface area contributed by atoms with Gasteiger partial charge in [-0.1, -0.05) is 97.1 Å². The highest BCUT2D eigenvalue weighted by Crippen LogP contribution is 2.38. The Bertz CT molecular complexity index is 2150. The molecule has 1 heterocycles. The number of hydrogen-bond donors (Lipinski definition) is 0. The molecule has 0 fully saturated rings. The monoisotopic (exact) mass is 522 g/mol. The first kappa shape index (κ1) is 23.4. The highest BCUT2D eigenvalue weighted by Gasteiger charge is 2.14. The van der Waals surface area contributed by atoms with E-state index in [4.69, 9.17) is 4.98 Å². The third-order valence-electron chi connectivity index (χ3n) is 8.04. The van der Waals surface area contributed by atoms with Gasteiger partial charge in [-0.05, 0) is 103 Å². The summed E-state index contributed by atoms with van der Waals surface area (Å²) in [7, 11) is 0. The van der Waals surface area contributed by atoms with E-state index in [1.807, 2.05) is 18.3 Å². The summed E-state index contributed by atoms with van der Waals surface area (Å²) in [6, 6.07) is 54.0. The summed E-state index contributed by atoms with van der Waals surface area (Å²) >= 11 is 0. The molecule has 0 spiro atoms. The van der Waals surface area contributed by atoms with Crippen LogP contribution in [0.2, 0.25) is 0 Å². The van der Waals surface area contributed by atoms with E-state index in [9.17, 15) is 0 Å². The Morgan fingerprint density at radius 3 is 1.39 bits per heavy atom. The molecular formula is C39H26N2. The van der Waals surface area contributed by atoms with Crippen LogP contribution in [-0.4, -0.2) is 4.98 Å². The van der Waals surface area contributed by atoms with Crippen molar-refractivity contribution in [2.24, 2.45) is 0 Å². The van der Waals surface area contributed by atoms with Crippen molar-refractivity contribution in [3.63, 3.8) is 0 Å². The molecule has 8 rings (SSSR count). The minimum Gasteiger partial charge on any atom is -0.295 e. The van der Waals surface area contributed by atoms with Crippen LogP contribution < -0.4 is 4.90 Å². The molecule has 0 saturated heterocycles. The fraction of sp³-hybridized carbons (Fsp3) is 0. The second-order valence-corrected chi connectivity index (χ2v) is 10.5. The summed E-state index contributed by atoms with van der Waals surface area (Å²) in [5, 5.41) is 10.3. The number of pyridine rings is 1. The molecule has 41 heavy (non-hydrogen) atoms. The Morgan fingerprint density at radius 1 is 0.366 bits per heavy atom. The van der Waals surface area contributed by atoms with Crippen LogP contribution in [0, 0.1) is 0 Å². The van der Waals surface area contributed by atoms with Gasteiger partial charge in [-0.3, -0.25) is 4.90 Å². The minimum absolute atomic E-state index is 0.885. The van der Waals surface area contributed by atoms with Crippen LogP contribution in [0.3, 0.4) is 0 Å². The minimum atomic E-state index is 0.885. The number of rotatable bonds is 4. The molecule has 0 N–H and O–H groups in total. The second-order valence-electron chi connectivity index (χ2n) is 10.5. The fourth-order valence-electron chi connectivity index (χ4n) is 6.09. The molecule has 0 aliphatic rings. The first-order chi connectivity index (χ1) is 20.3. The molecule has 192 valence electrons. The van der Waals surface area contributed by atoms with Gasteiger partial charge in [-0.15, -0.1) is 0 Å². The lowest BCUT2D eigenvalue weighted by molar-refractivity contribution is 1.18. The lowest BCUT2D eigenvalue weighted by Gasteiger charge is -2.24. The van der Waals surface area contributed by atoms with Gasteiger partial charge in [0.15, 0.2) is 0 Å². The van der Waals surface area contributed by atoms with Crippen molar-refractivity contribution in [3.8, 4) is 11.1 Å². The van der Waals surface area contributed by atoms with Gasteiger partial charge >= 0.3 is 0 Å². The van der Waals surface area contributed by atoms with E-state index >= 15 is 0 Å². The van der Waals surface area contributed by atoms with Gasteiger partial charge in [-0.25, -0.2) is 4.98 Å². The van der Waals surface area contributed by atoms with Crippen molar-refractivity contribution in [1.82, 2.24) is 4.98 Å². The largest absolute Gasteiger partial charge is 0.295 e. The van der Waals surface area contributed by atoms with E-state index in [2.05, 4.69) is 144 Å². The number of nitrogens with zero attached hydrogens (tertiary/aromatic N) is 2. The molecule has 2 heteroatoms. The van der Waals surface area contributed by atoms with Crippen molar-refractivity contribution in [2.45, 2.75) is 0 Å². The Labute approximate surface area is 238 Å². The Hall–Kier alpha value is -5.47. The molecule has 0 radical (unpaired) electrons. The maximum absolute atomic E-state index is 4.94. The van der Waals surface area contributed by atoms with Gasteiger partial charge in [0.05, 0.1) is 0 Å². The molecule has 0 bridgehead atoms. The molecule has 0 atom stereocenters. The van der Waals surface area contributed by atoms with Gasteiger partial charge in [0.25, 0.3) is 0 Å². The number of hydrogen-bond acceptors (Lipinski definition) is 2. The fourth-order valence-corrected chi connectivity index (χ4v) is 6.09. The Morgan fingerprint density at radius 2 is 0.854 bits per heavy atom. The molecular weight excluding hydrogens is 496 g/mol. The first-order valence-electron chi connectivity index (χ1n) is 14.0. The first-order valence-corrected chi connectivity index (χ1v) is 14.0. The van der Waals surface area contributed by atoms with Gasteiger partial charge in [0.1, 0.15) is 5.82 Å². The van der Waals surface area contributed by atoms with E-state index < -0.39 is 0 Å². The Balaban J connectivity index is 1.24. The molecule has 0 unspecified atom stereocenters. The summed E-state index contributed by atoms with van der Waals surface area (Å²) in [6.45, 7) is 0. The summed E-state index contributed by atoms with van der Waals surface area (Å²) in [6.07, 6.45) is 1.99. The van der Waals surface area contributed by atoms with E-state index in [1.165, 1.54) is 43.1 Å². The number of anilines is 3. The van der Waals surface area contributed by atoms with Crippen molar-refractivity contribution in [1.29, 1.82) is 0 Å². The highest BCUT2D eigenvalue weighted by molar-refractivity contribution is 6.27. The van der Waals surface area contributed by atoms with Crippen LogP contribution in [0.4, 0.5) is 17.2 Å². The normalized spacial score (nSPS) is 11.4. The van der Waals surface area contributed by atoms with Crippen LogP contribution in [-0.2, 0) is 0 Å². The van der Waals surface area contributed by atoms with Crippen molar-refractivity contribution >= 4 is 60.3 Å². The molecule has 2 nitrogen and oxygen atoms in total. The summed E-state index contributed by atoms with van der Waals surface area (Å²) in [5.74, 6) is 0.885. The maximum atomic E-state index is 4.94. The van der Waals surface area contributed by atoms with Crippen LogP contribution in [0.15, 0.2) is 158 Å². The quantitative estimate of drug-likeness (QED) is 0.169. The lowest BCUT2D eigenvalue weighted by Crippen LogP contribution is -2.11. The van der Waals surface area contributed by atoms with Crippen molar-refractivity contribution in [3.05, 3.63) is 158 Å².